The second-order valence-electron chi connectivity index (χ2n) is 14.3. The first-order valence-electron chi connectivity index (χ1n) is 17.1. The predicted octanol–water partition coefficient (Wildman–Crippen LogP) is 7.40. The minimum atomic E-state index is -0.493. The number of carbonyl (C=O) groups excluding carboxylic acids is 3. The second-order valence-corrected chi connectivity index (χ2v) is 14.3. The molecule has 2 amide bonds. The molecule has 2 saturated heterocycles. The zero-order valence-electron chi connectivity index (χ0n) is 29.7. The zero-order chi connectivity index (χ0) is 35.6. The van der Waals surface area contributed by atoms with Crippen LogP contribution < -0.4 is 11.1 Å². The molecule has 2 aromatic carbocycles. The molecule has 2 aliphatic rings. The molecule has 266 valence electrons. The number of nitrogens with zero attached hydrogens (tertiary/aromatic N) is 2. The van der Waals surface area contributed by atoms with Gasteiger partial charge in [0.1, 0.15) is 40.2 Å². The minimum Gasteiger partial charge on any atom is -0.460 e. The molecule has 49 heavy (non-hydrogen) atoms. The molecule has 4 aromatic rings. The summed E-state index contributed by atoms with van der Waals surface area (Å²) in [5.74, 6) is 1.75. The van der Waals surface area contributed by atoms with Gasteiger partial charge >= 0.3 is 12.2 Å². The van der Waals surface area contributed by atoms with Gasteiger partial charge in [-0.1, -0.05) is 36.4 Å². The summed E-state index contributed by atoms with van der Waals surface area (Å²) < 4.78 is 21.9. The summed E-state index contributed by atoms with van der Waals surface area (Å²) >= 11 is 0. The molecule has 0 radical (unpaired) electrons. The topological polar surface area (TPSA) is 140 Å². The summed E-state index contributed by atoms with van der Waals surface area (Å²) in [6.45, 7) is 14.4. The molecule has 2 aromatic heterocycles. The van der Waals surface area contributed by atoms with Gasteiger partial charge in [-0.2, -0.15) is 0 Å². The first kappa shape index (κ1) is 37.5. The molecular formula is C38H52N4O7. The zero-order valence-corrected chi connectivity index (χ0v) is 29.7. The molecule has 0 bridgehead atoms. The van der Waals surface area contributed by atoms with Gasteiger partial charge in [0.05, 0.1) is 19.1 Å². The van der Waals surface area contributed by atoms with Gasteiger partial charge in [0.15, 0.2) is 0 Å². The smallest absolute Gasteiger partial charge is 0.410 e. The fourth-order valence-corrected chi connectivity index (χ4v) is 5.71. The average Bonchev–Trinajstić information content (AvgIpc) is 3.85. The molecule has 11 heteroatoms. The van der Waals surface area contributed by atoms with Crippen molar-refractivity contribution >= 4 is 40.4 Å². The normalized spacial score (nSPS) is 17.7. The Hall–Kier alpha value is -4.35. The van der Waals surface area contributed by atoms with Crippen LogP contribution in [0.2, 0.25) is 0 Å². The van der Waals surface area contributed by atoms with E-state index in [9.17, 15) is 14.4 Å². The number of para-hydroxylation sites is 2. The van der Waals surface area contributed by atoms with E-state index in [0.717, 1.165) is 78.5 Å². The summed E-state index contributed by atoms with van der Waals surface area (Å²) in [5.41, 5.74) is 6.29. The van der Waals surface area contributed by atoms with E-state index in [2.05, 4.69) is 11.4 Å². The molecule has 3 N–H and O–H groups in total. The van der Waals surface area contributed by atoms with Crippen molar-refractivity contribution < 1.29 is 32.7 Å². The molecular weight excluding hydrogens is 624 g/mol. The minimum absolute atomic E-state index is 0.184. The highest BCUT2D eigenvalue weighted by Crippen LogP contribution is 2.23. The Bertz CT molecular complexity index is 1600. The summed E-state index contributed by atoms with van der Waals surface area (Å²) in [6, 6.07) is 19.8. The molecule has 2 aliphatic heterocycles. The lowest BCUT2D eigenvalue weighted by molar-refractivity contribution is -0.111. The number of nitrogens with one attached hydrogen (secondary N) is 1. The Morgan fingerprint density at radius 1 is 0.816 bits per heavy atom. The molecule has 11 nitrogen and oxygen atoms in total. The summed E-state index contributed by atoms with van der Waals surface area (Å²) in [4.78, 5) is 37.8. The Balaban J connectivity index is 0.000000183. The maximum absolute atomic E-state index is 12.3. The number of hydrogen-bond donors (Lipinski definition) is 2. The van der Waals surface area contributed by atoms with E-state index in [1.54, 1.807) is 0 Å². The van der Waals surface area contributed by atoms with E-state index in [1.807, 2.05) is 101 Å². The summed E-state index contributed by atoms with van der Waals surface area (Å²) in [6.07, 6.45) is 3.88. The second kappa shape index (κ2) is 16.8. The highest BCUT2D eigenvalue weighted by atomic mass is 16.6. The lowest BCUT2D eigenvalue weighted by Gasteiger charge is -2.28. The van der Waals surface area contributed by atoms with Crippen LogP contribution in [0.1, 0.15) is 78.7 Å². The van der Waals surface area contributed by atoms with E-state index in [1.165, 1.54) is 4.90 Å². The fraction of sp³-hybridized carbons (Fsp3) is 0.500. The van der Waals surface area contributed by atoms with Crippen LogP contribution in [-0.2, 0) is 27.4 Å². The quantitative estimate of drug-likeness (QED) is 0.200. The summed E-state index contributed by atoms with van der Waals surface area (Å²) in [7, 11) is 0. The third-order valence-electron chi connectivity index (χ3n) is 7.92. The van der Waals surface area contributed by atoms with E-state index < -0.39 is 11.2 Å². The maximum atomic E-state index is 12.3. The van der Waals surface area contributed by atoms with Crippen molar-refractivity contribution in [2.24, 2.45) is 5.73 Å². The standard InChI is InChI=1S/C19H26N2O3.C10H17NO3.C9H9NO/c1-19(2,3)24-18(22)21-10-6-8-15(21)12-20-13-16-11-14-7-4-5-9-17(14)23-16;1-10(2,3)14-9(13)11-6-4-5-8(11)7-12;10-6-8-5-7-3-1-2-4-9(7)11-8/h4-5,7,9,11,15,20H,6,8,10,12-13H2,1-3H3;7-8H,4-6H2,1-3H3;1-5H,6,10H2/t15-;8-;/m00./s1. The molecule has 0 spiro atoms. The van der Waals surface area contributed by atoms with Crippen LogP contribution in [0.25, 0.3) is 21.9 Å². The first-order chi connectivity index (χ1) is 23.3. The van der Waals surface area contributed by atoms with Gasteiger partial charge in [0, 0.05) is 36.4 Å². The van der Waals surface area contributed by atoms with Crippen molar-refractivity contribution in [1.29, 1.82) is 0 Å². The third kappa shape index (κ3) is 11.4. The van der Waals surface area contributed by atoms with Crippen molar-refractivity contribution in [3.05, 3.63) is 72.2 Å². The van der Waals surface area contributed by atoms with Crippen LogP contribution in [0.15, 0.2) is 69.5 Å². The van der Waals surface area contributed by atoms with Crippen LogP contribution in [0.3, 0.4) is 0 Å². The molecule has 2 atom stereocenters. The highest BCUT2D eigenvalue weighted by molar-refractivity contribution is 5.78. The van der Waals surface area contributed by atoms with Crippen LogP contribution in [0.5, 0.6) is 0 Å². The number of nitrogens with two attached hydrogens (primary N) is 1. The van der Waals surface area contributed by atoms with E-state index in [-0.39, 0.29) is 24.3 Å². The monoisotopic (exact) mass is 676 g/mol. The van der Waals surface area contributed by atoms with Gasteiger partial charge < -0.3 is 39.1 Å². The van der Waals surface area contributed by atoms with Crippen LogP contribution in [0, 0.1) is 0 Å². The van der Waals surface area contributed by atoms with Crippen molar-refractivity contribution in [3.63, 3.8) is 0 Å². The Morgan fingerprint density at radius 2 is 1.33 bits per heavy atom. The lowest BCUT2D eigenvalue weighted by Crippen LogP contribution is -2.43. The molecule has 0 aliphatic carbocycles. The fourth-order valence-electron chi connectivity index (χ4n) is 5.71. The van der Waals surface area contributed by atoms with Crippen molar-refractivity contribution in [2.75, 3.05) is 19.6 Å². The molecule has 0 saturated carbocycles. The number of benzene rings is 2. The number of amides is 2. The number of furan rings is 2. The van der Waals surface area contributed by atoms with Crippen LogP contribution in [0.4, 0.5) is 9.59 Å². The predicted molar refractivity (Wildman–Crippen MR) is 190 cm³/mol. The van der Waals surface area contributed by atoms with Crippen molar-refractivity contribution in [1.82, 2.24) is 15.1 Å². The number of hydrogen-bond acceptors (Lipinski definition) is 9. The Morgan fingerprint density at radius 3 is 1.88 bits per heavy atom. The SMILES string of the molecule is CC(C)(C)OC(=O)N1CCC[C@H]1C=O.CC(C)(C)OC(=O)N1CCC[C@H]1CNCc1cc2ccccc2o1.NCc1cc2ccccc2o1. The Kier molecular flexibility index (Phi) is 12.9. The van der Waals surface area contributed by atoms with Crippen molar-refractivity contribution in [3.8, 4) is 0 Å². The third-order valence-corrected chi connectivity index (χ3v) is 7.92. The highest BCUT2D eigenvalue weighted by Gasteiger charge is 2.32. The van der Waals surface area contributed by atoms with E-state index in [0.29, 0.717) is 19.6 Å². The largest absolute Gasteiger partial charge is 0.460 e. The number of rotatable bonds is 6. The average molecular weight is 677 g/mol. The van der Waals surface area contributed by atoms with Gasteiger partial charge in [-0.05, 0) is 91.5 Å². The molecule has 2 fully saturated rings. The number of aldehydes is 1. The van der Waals surface area contributed by atoms with E-state index >= 15 is 0 Å². The van der Waals surface area contributed by atoms with Gasteiger partial charge in [0.2, 0.25) is 0 Å². The van der Waals surface area contributed by atoms with E-state index in [4.69, 9.17) is 24.0 Å². The van der Waals surface area contributed by atoms with Crippen LogP contribution in [-0.4, -0.2) is 71.2 Å². The van der Waals surface area contributed by atoms with Crippen LogP contribution >= 0.6 is 0 Å². The number of likely N-dealkylation sites (tertiary alicyclic amines) is 2. The summed E-state index contributed by atoms with van der Waals surface area (Å²) in [5, 5.41) is 5.64. The number of fused-ring (bicyclic) bond motifs is 2. The molecule has 6 rings (SSSR count). The first-order valence-corrected chi connectivity index (χ1v) is 17.1. The number of ether oxygens (including phenoxy) is 2. The molecule has 4 heterocycles. The Labute approximate surface area is 289 Å². The molecule has 0 unspecified atom stereocenters. The number of carbonyl (C=O) groups is 3. The maximum Gasteiger partial charge on any atom is 0.410 e. The van der Waals surface area contributed by atoms with Gasteiger partial charge in [-0.15, -0.1) is 0 Å². The van der Waals surface area contributed by atoms with Gasteiger partial charge in [-0.3, -0.25) is 4.90 Å². The van der Waals surface area contributed by atoms with Crippen molar-refractivity contribution in [2.45, 2.75) is 104 Å². The van der Waals surface area contributed by atoms with Gasteiger partial charge in [0.25, 0.3) is 0 Å². The lowest BCUT2D eigenvalue weighted by atomic mass is 10.2. The van der Waals surface area contributed by atoms with Gasteiger partial charge in [-0.25, -0.2) is 9.59 Å².